The molecule has 0 fully saturated rings. The number of carbonyl (C=O) groups excluding carboxylic acids is 1. The summed E-state index contributed by atoms with van der Waals surface area (Å²) >= 11 is 1.21. The molecular formula is C33H31F2N3O5S. The molecule has 44 heavy (non-hydrogen) atoms. The van der Waals surface area contributed by atoms with Crippen LogP contribution in [0.15, 0.2) is 81.7 Å². The van der Waals surface area contributed by atoms with Crippen LogP contribution in [0.2, 0.25) is 0 Å². The van der Waals surface area contributed by atoms with E-state index in [2.05, 4.69) is 4.99 Å². The zero-order valence-corrected chi connectivity index (χ0v) is 25.7. The van der Waals surface area contributed by atoms with Crippen molar-refractivity contribution in [2.24, 2.45) is 4.99 Å². The SMILES string of the molecule is CCOC(=O)C1=C(C)N=c2s/c(=C\c3ccc(OC)c(COc4ccc(F)cc4F)c3)c(=O)n2[C@H]1c1ccc(N(C)C)cc1. The maximum atomic E-state index is 14.1. The van der Waals surface area contributed by atoms with E-state index in [0.717, 1.165) is 23.4 Å². The average Bonchev–Trinajstić information content (AvgIpc) is 3.30. The Hall–Kier alpha value is -4.77. The standard InChI is InChI=1S/C33H31F2N3O5S/c1-6-42-32(40)29-19(2)36-33-38(30(29)21-8-11-24(12-9-21)37(3)4)31(39)28(44-33)16-20-7-13-26(41-5)22(15-20)18-43-27-14-10-23(34)17-25(27)35/h7-17,30H,6,18H2,1-5H3/b28-16-/t30-/m0/s1. The van der Waals surface area contributed by atoms with E-state index in [-0.39, 0.29) is 24.5 Å². The Bertz CT molecular complexity index is 1930. The summed E-state index contributed by atoms with van der Waals surface area (Å²) in [6, 6.07) is 15.3. The first-order valence-electron chi connectivity index (χ1n) is 13.8. The second kappa shape index (κ2) is 12.8. The molecule has 1 aromatic heterocycles. The number of methoxy groups -OCH3 is 1. The van der Waals surface area contributed by atoms with Crippen molar-refractivity contribution in [3.8, 4) is 11.5 Å². The molecule has 3 aromatic carbocycles. The molecule has 0 spiro atoms. The molecule has 1 atom stereocenters. The molecule has 1 aliphatic heterocycles. The first-order valence-corrected chi connectivity index (χ1v) is 14.6. The first kappa shape index (κ1) is 30.7. The first-order chi connectivity index (χ1) is 21.1. The van der Waals surface area contributed by atoms with Gasteiger partial charge in [0.25, 0.3) is 5.56 Å². The molecule has 0 aliphatic carbocycles. The van der Waals surface area contributed by atoms with Crippen LogP contribution in [0, 0.1) is 11.6 Å². The van der Waals surface area contributed by atoms with Crippen LogP contribution >= 0.6 is 11.3 Å². The molecule has 5 rings (SSSR count). The third-order valence-electron chi connectivity index (χ3n) is 7.12. The minimum absolute atomic E-state index is 0.0559. The summed E-state index contributed by atoms with van der Waals surface area (Å²) in [6.07, 6.45) is 1.72. The Kier molecular flexibility index (Phi) is 8.96. The lowest BCUT2D eigenvalue weighted by Gasteiger charge is -2.25. The maximum Gasteiger partial charge on any atom is 0.338 e. The zero-order chi connectivity index (χ0) is 31.5. The minimum atomic E-state index is -0.815. The molecule has 0 saturated carbocycles. The zero-order valence-electron chi connectivity index (χ0n) is 24.9. The Balaban J connectivity index is 1.57. The lowest BCUT2D eigenvalue weighted by atomic mass is 9.95. The quantitative estimate of drug-likeness (QED) is 0.252. The van der Waals surface area contributed by atoms with Gasteiger partial charge in [-0.25, -0.2) is 18.6 Å². The number of hydrogen-bond donors (Lipinski definition) is 0. The van der Waals surface area contributed by atoms with Crippen LogP contribution in [-0.4, -0.2) is 38.3 Å². The fraction of sp³-hybridized carbons (Fsp3) is 0.242. The van der Waals surface area contributed by atoms with E-state index in [1.54, 1.807) is 38.1 Å². The molecule has 1 aliphatic rings. The van der Waals surface area contributed by atoms with Gasteiger partial charge in [0.15, 0.2) is 16.4 Å². The predicted octanol–water partition coefficient (Wildman–Crippen LogP) is 4.73. The number of anilines is 1. The van der Waals surface area contributed by atoms with Gasteiger partial charge in [-0.1, -0.05) is 29.5 Å². The van der Waals surface area contributed by atoms with Crippen molar-refractivity contribution in [1.29, 1.82) is 0 Å². The maximum absolute atomic E-state index is 14.1. The molecule has 228 valence electrons. The highest BCUT2D eigenvalue weighted by molar-refractivity contribution is 7.07. The number of thiazole rings is 1. The van der Waals surface area contributed by atoms with Gasteiger partial charge in [-0.05, 0) is 67.4 Å². The van der Waals surface area contributed by atoms with Gasteiger partial charge in [0.2, 0.25) is 0 Å². The Morgan fingerprint density at radius 1 is 1.07 bits per heavy atom. The predicted molar refractivity (Wildman–Crippen MR) is 165 cm³/mol. The lowest BCUT2D eigenvalue weighted by Crippen LogP contribution is -2.39. The normalized spacial score (nSPS) is 14.6. The number of halogens is 2. The molecule has 0 amide bonds. The molecule has 0 saturated heterocycles. The summed E-state index contributed by atoms with van der Waals surface area (Å²) in [4.78, 5) is 34.2. The highest BCUT2D eigenvalue weighted by atomic mass is 32.1. The van der Waals surface area contributed by atoms with Gasteiger partial charge >= 0.3 is 5.97 Å². The molecule has 0 N–H and O–H groups in total. The Morgan fingerprint density at radius 3 is 2.45 bits per heavy atom. The van der Waals surface area contributed by atoms with Gasteiger partial charge in [0.05, 0.1) is 35.6 Å². The topological polar surface area (TPSA) is 82.4 Å². The lowest BCUT2D eigenvalue weighted by molar-refractivity contribution is -0.139. The third-order valence-corrected chi connectivity index (χ3v) is 8.10. The van der Waals surface area contributed by atoms with Gasteiger partial charge < -0.3 is 19.1 Å². The van der Waals surface area contributed by atoms with Gasteiger partial charge in [-0.2, -0.15) is 0 Å². The van der Waals surface area contributed by atoms with Crippen LogP contribution in [-0.2, 0) is 16.1 Å². The number of aromatic nitrogens is 1. The fourth-order valence-electron chi connectivity index (χ4n) is 4.96. The van der Waals surface area contributed by atoms with E-state index < -0.39 is 23.6 Å². The molecular weight excluding hydrogens is 588 g/mol. The van der Waals surface area contributed by atoms with E-state index in [1.165, 1.54) is 29.1 Å². The molecule has 0 unspecified atom stereocenters. The van der Waals surface area contributed by atoms with E-state index in [1.807, 2.05) is 43.3 Å². The van der Waals surface area contributed by atoms with Crippen molar-refractivity contribution in [2.75, 3.05) is 32.7 Å². The second-order valence-electron chi connectivity index (χ2n) is 10.2. The summed E-state index contributed by atoms with van der Waals surface area (Å²) in [7, 11) is 5.37. The van der Waals surface area contributed by atoms with Crippen molar-refractivity contribution in [1.82, 2.24) is 4.57 Å². The molecule has 0 radical (unpaired) electrons. The minimum Gasteiger partial charge on any atom is -0.496 e. The highest BCUT2D eigenvalue weighted by Gasteiger charge is 2.33. The summed E-state index contributed by atoms with van der Waals surface area (Å²) in [5.74, 6) is -1.64. The van der Waals surface area contributed by atoms with Crippen molar-refractivity contribution in [2.45, 2.75) is 26.5 Å². The second-order valence-corrected chi connectivity index (χ2v) is 11.2. The Morgan fingerprint density at radius 2 is 1.80 bits per heavy atom. The Labute approximate surface area is 256 Å². The van der Waals surface area contributed by atoms with E-state index in [4.69, 9.17) is 14.2 Å². The van der Waals surface area contributed by atoms with Crippen molar-refractivity contribution >= 4 is 29.1 Å². The molecule has 11 heteroatoms. The average molecular weight is 620 g/mol. The third kappa shape index (κ3) is 6.14. The van der Waals surface area contributed by atoms with Gasteiger partial charge in [-0.3, -0.25) is 9.36 Å². The number of fused-ring (bicyclic) bond motifs is 1. The summed E-state index contributed by atoms with van der Waals surface area (Å²) in [6.45, 7) is 3.60. The van der Waals surface area contributed by atoms with Crippen LogP contribution in [0.1, 0.15) is 36.6 Å². The van der Waals surface area contributed by atoms with Crippen LogP contribution in [0.4, 0.5) is 14.5 Å². The number of esters is 1. The number of benzene rings is 3. The molecule has 2 heterocycles. The number of allylic oxidation sites excluding steroid dienone is 1. The number of ether oxygens (including phenoxy) is 3. The van der Waals surface area contributed by atoms with Crippen LogP contribution in [0.5, 0.6) is 11.5 Å². The van der Waals surface area contributed by atoms with Crippen molar-refractivity contribution in [3.05, 3.63) is 120 Å². The monoisotopic (exact) mass is 619 g/mol. The molecule has 0 bridgehead atoms. The van der Waals surface area contributed by atoms with Gasteiger partial charge in [-0.15, -0.1) is 0 Å². The smallest absolute Gasteiger partial charge is 0.338 e. The van der Waals surface area contributed by atoms with E-state index in [0.29, 0.717) is 37.5 Å². The number of hydrogen-bond acceptors (Lipinski definition) is 8. The highest BCUT2D eigenvalue weighted by Crippen LogP contribution is 2.32. The fourth-order valence-corrected chi connectivity index (χ4v) is 6.01. The van der Waals surface area contributed by atoms with Gasteiger partial charge in [0.1, 0.15) is 18.2 Å². The number of nitrogens with zero attached hydrogens (tertiary/aromatic N) is 3. The summed E-state index contributed by atoms with van der Waals surface area (Å²) in [5, 5.41) is 0. The van der Waals surface area contributed by atoms with Gasteiger partial charge in [0, 0.05) is 31.4 Å². The molecule has 4 aromatic rings. The van der Waals surface area contributed by atoms with E-state index in [9.17, 15) is 18.4 Å². The summed E-state index contributed by atoms with van der Waals surface area (Å²) in [5.41, 5.74) is 3.46. The number of carbonyl (C=O) groups is 1. The van der Waals surface area contributed by atoms with Crippen LogP contribution in [0.3, 0.4) is 0 Å². The largest absolute Gasteiger partial charge is 0.496 e. The van der Waals surface area contributed by atoms with Crippen molar-refractivity contribution < 1.29 is 27.8 Å². The van der Waals surface area contributed by atoms with Crippen LogP contribution < -0.4 is 29.3 Å². The van der Waals surface area contributed by atoms with E-state index >= 15 is 0 Å². The number of rotatable bonds is 9. The molecule has 8 nitrogen and oxygen atoms in total. The summed E-state index contributed by atoms with van der Waals surface area (Å²) < 4.78 is 45.8. The van der Waals surface area contributed by atoms with Crippen LogP contribution in [0.25, 0.3) is 6.08 Å². The van der Waals surface area contributed by atoms with Crippen molar-refractivity contribution in [3.63, 3.8) is 0 Å².